The lowest BCUT2D eigenvalue weighted by Gasteiger charge is -2.29. The van der Waals surface area contributed by atoms with E-state index in [9.17, 15) is 4.79 Å². The number of rotatable bonds is 3. The molecular weight excluding hydrogens is 212 g/mol. The Morgan fingerprint density at radius 1 is 1.29 bits per heavy atom. The highest BCUT2D eigenvalue weighted by atomic mass is 16.1. The molecule has 0 amide bonds. The molecule has 1 atom stereocenters. The topological polar surface area (TPSA) is 48.0 Å². The van der Waals surface area contributed by atoms with Gasteiger partial charge in [-0.3, -0.25) is 4.79 Å². The van der Waals surface area contributed by atoms with Crippen LogP contribution in [0.2, 0.25) is 0 Å². The van der Waals surface area contributed by atoms with Crippen molar-refractivity contribution in [2.24, 2.45) is 11.7 Å². The maximum absolute atomic E-state index is 11.5. The molecule has 0 radical (unpaired) electrons. The van der Waals surface area contributed by atoms with Gasteiger partial charge in [-0.05, 0) is 32.6 Å². The van der Waals surface area contributed by atoms with Gasteiger partial charge in [-0.15, -0.1) is 0 Å². The van der Waals surface area contributed by atoms with Gasteiger partial charge in [-0.2, -0.15) is 0 Å². The molecule has 0 saturated heterocycles. The quantitative estimate of drug-likeness (QED) is 0.871. The van der Waals surface area contributed by atoms with E-state index in [0.29, 0.717) is 18.5 Å². The van der Waals surface area contributed by atoms with E-state index in [1.54, 1.807) is 12.1 Å². The predicted molar refractivity (Wildman–Crippen MR) is 70.2 cm³/mol. The van der Waals surface area contributed by atoms with Gasteiger partial charge in [0.15, 0.2) is 5.43 Å². The van der Waals surface area contributed by atoms with Crippen molar-refractivity contribution in [1.82, 2.24) is 4.57 Å². The third kappa shape index (κ3) is 2.44. The Kier molecular flexibility index (Phi) is 3.67. The molecule has 1 unspecified atom stereocenters. The summed E-state index contributed by atoms with van der Waals surface area (Å²) in [7, 11) is 0. The number of hydrogen-bond acceptors (Lipinski definition) is 2. The second-order valence-corrected chi connectivity index (χ2v) is 5.19. The molecule has 1 heterocycles. The first-order valence-corrected chi connectivity index (χ1v) is 6.53. The van der Waals surface area contributed by atoms with E-state index in [4.69, 9.17) is 5.73 Å². The molecule has 1 saturated carbocycles. The Morgan fingerprint density at radius 3 is 2.29 bits per heavy atom. The highest BCUT2D eigenvalue weighted by Gasteiger charge is 2.26. The van der Waals surface area contributed by atoms with Crippen molar-refractivity contribution in [3.63, 3.8) is 0 Å². The van der Waals surface area contributed by atoms with Crippen LogP contribution >= 0.6 is 0 Å². The Balaban J connectivity index is 2.39. The fraction of sp³-hybridized carbons (Fsp3) is 0.643. The van der Waals surface area contributed by atoms with E-state index in [1.165, 1.54) is 25.7 Å². The van der Waals surface area contributed by atoms with E-state index in [1.807, 2.05) is 13.8 Å². The summed E-state index contributed by atoms with van der Waals surface area (Å²) in [4.78, 5) is 11.5. The second-order valence-electron chi connectivity index (χ2n) is 5.19. The predicted octanol–water partition coefficient (Wildman–Crippen LogP) is 2.16. The van der Waals surface area contributed by atoms with Gasteiger partial charge >= 0.3 is 0 Å². The zero-order valence-electron chi connectivity index (χ0n) is 10.8. The van der Waals surface area contributed by atoms with Crippen LogP contribution in [0.4, 0.5) is 0 Å². The van der Waals surface area contributed by atoms with E-state index in [-0.39, 0.29) is 5.43 Å². The molecule has 1 aliphatic rings. The normalized spacial score (nSPS) is 18.5. The summed E-state index contributed by atoms with van der Waals surface area (Å²) in [5.74, 6) is 0.680. The largest absolute Gasteiger partial charge is 0.344 e. The van der Waals surface area contributed by atoms with Crippen LogP contribution in [0.3, 0.4) is 0 Å². The van der Waals surface area contributed by atoms with Gasteiger partial charge in [0.2, 0.25) is 0 Å². The Labute approximate surface area is 103 Å². The summed E-state index contributed by atoms with van der Waals surface area (Å²) < 4.78 is 2.26. The van der Waals surface area contributed by atoms with Crippen LogP contribution < -0.4 is 11.2 Å². The third-order valence-electron chi connectivity index (χ3n) is 3.98. The molecular formula is C14H22N2O. The minimum absolute atomic E-state index is 0.0958. The minimum atomic E-state index is 0.0958. The van der Waals surface area contributed by atoms with Crippen molar-refractivity contribution < 1.29 is 0 Å². The number of aryl methyl sites for hydroxylation is 2. The standard InChI is InChI=1S/C14H22N2O/c1-10-7-13(17)8-11(2)16(10)14(9-15)12-5-3-4-6-12/h7-8,12,14H,3-6,9,15H2,1-2H3. The highest BCUT2D eigenvalue weighted by Crippen LogP contribution is 2.34. The van der Waals surface area contributed by atoms with Crippen LogP contribution in [-0.4, -0.2) is 11.1 Å². The summed E-state index contributed by atoms with van der Waals surface area (Å²) in [5.41, 5.74) is 8.14. The van der Waals surface area contributed by atoms with Gasteiger partial charge in [0.25, 0.3) is 0 Å². The van der Waals surface area contributed by atoms with Crippen LogP contribution in [-0.2, 0) is 0 Å². The SMILES string of the molecule is Cc1cc(=O)cc(C)n1C(CN)C1CCCC1. The van der Waals surface area contributed by atoms with E-state index >= 15 is 0 Å². The van der Waals surface area contributed by atoms with E-state index < -0.39 is 0 Å². The molecule has 3 heteroatoms. The number of nitrogens with zero attached hydrogens (tertiary/aromatic N) is 1. The molecule has 1 aliphatic carbocycles. The highest BCUT2D eigenvalue weighted by molar-refractivity contribution is 5.14. The summed E-state index contributed by atoms with van der Waals surface area (Å²) >= 11 is 0. The van der Waals surface area contributed by atoms with Gasteiger partial charge < -0.3 is 10.3 Å². The van der Waals surface area contributed by atoms with E-state index in [0.717, 1.165) is 11.4 Å². The molecule has 3 nitrogen and oxygen atoms in total. The monoisotopic (exact) mass is 234 g/mol. The summed E-state index contributed by atoms with van der Waals surface area (Å²) in [6.45, 7) is 4.67. The first-order chi connectivity index (χ1) is 8.13. The lowest BCUT2D eigenvalue weighted by Crippen LogP contribution is -2.29. The van der Waals surface area contributed by atoms with Gasteiger partial charge in [0.1, 0.15) is 0 Å². The molecule has 1 aromatic heterocycles. The van der Waals surface area contributed by atoms with Crippen molar-refractivity contribution in [3.8, 4) is 0 Å². The summed E-state index contributed by atoms with van der Waals surface area (Å²) in [6, 6.07) is 3.79. The van der Waals surface area contributed by atoms with Crippen LogP contribution in [0.25, 0.3) is 0 Å². The molecule has 94 valence electrons. The van der Waals surface area contributed by atoms with Crippen LogP contribution in [0, 0.1) is 19.8 Å². The number of nitrogens with two attached hydrogens (primary N) is 1. The second kappa shape index (κ2) is 5.05. The zero-order chi connectivity index (χ0) is 12.4. The van der Waals surface area contributed by atoms with Crippen molar-refractivity contribution in [1.29, 1.82) is 0 Å². The van der Waals surface area contributed by atoms with Gasteiger partial charge in [-0.1, -0.05) is 12.8 Å². The van der Waals surface area contributed by atoms with Crippen molar-refractivity contribution >= 4 is 0 Å². The van der Waals surface area contributed by atoms with Gasteiger partial charge in [-0.25, -0.2) is 0 Å². The number of hydrogen-bond donors (Lipinski definition) is 1. The molecule has 17 heavy (non-hydrogen) atoms. The first kappa shape index (κ1) is 12.4. The Hall–Kier alpha value is -1.09. The van der Waals surface area contributed by atoms with Gasteiger partial charge in [0.05, 0.1) is 0 Å². The van der Waals surface area contributed by atoms with Crippen LogP contribution in [0.15, 0.2) is 16.9 Å². The first-order valence-electron chi connectivity index (χ1n) is 6.53. The fourth-order valence-electron chi connectivity index (χ4n) is 3.24. The average molecular weight is 234 g/mol. The molecule has 1 aromatic rings. The number of aromatic nitrogens is 1. The molecule has 0 aliphatic heterocycles. The number of pyridine rings is 1. The summed E-state index contributed by atoms with van der Waals surface area (Å²) in [6.07, 6.45) is 5.18. The van der Waals surface area contributed by atoms with Crippen molar-refractivity contribution in [3.05, 3.63) is 33.7 Å². The summed E-state index contributed by atoms with van der Waals surface area (Å²) in [5, 5.41) is 0. The van der Waals surface area contributed by atoms with Crippen LogP contribution in [0.1, 0.15) is 43.1 Å². The van der Waals surface area contributed by atoms with Crippen molar-refractivity contribution in [2.75, 3.05) is 6.54 Å². The molecule has 2 N–H and O–H groups in total. The zero-order valence-corrected chi connectivity index (χ0v) is 10.8. The molecule has 0 bridgehead atoms. The maximum Gasteiger partial charge on any atom is 0.182 e. The fourth-order valence-corrected chi connectivity index (χ4v) is 3.24. The lowest BCUT2D eigenvalue weighted by atomic mass is 9.97. The lowest BCUT2D eigenvalue weighted by molar-refractivity contribution is 0.331. The molecule has 2 rings (SSSR count). The van der Waals surface area contributed by atoms with Crippen LogP contribution in [0.5, 0.6) is 0 Å². The Bertz CT molecular complexity index is 418. The third-order valence-corrected chi connectivity index (χ3v) is 3.98. The minimum Gasteiger partial charge on any atom is -0.344 e. The molecule has 0 aromatic carbocycles. The molecule has 1 fully saturated rings. The van der Waals surface area contributed by atoms with Gasteiger partial charge in [0, 0.05) is 36.1 Å². The Morgan fingerprint density at radius 2 is 1.82 bits per heavy atom. The smallest absolute Gasteiger partial charge is 0.182 e. The molecule has 0 spiro atoms. The maximum atomic E-state index is 11.5. The van der Waals surface area contributed by atoms with Crippen molar-refractivity contribution in [2.45, 2.75) is 45.6 Å². The average Bonchev–Trinajstić information content (AvgIpc) is 2.76. The van der Waals surface area contributed by atoms with E-state index in [2.05, 4.69) is 4.57 Å².